The van der Waals surface area contributed by atoms with Crippen LogP contribution in [0.5, 0.6) is 0 Å². The molecule has 2 aromatic heterocycles. The number of amides is 1. The number of thiazole rings is 1. The molecule has 2 heterocycles. The number of aromatic nitrogens is 3. The van der Waals surface area contributed by atoms with Gasteiger partial charge in [-0.3, -0.25) is 4.79 Å². The lowest BCUT2D eigenvalue weighted by molar-refractivity contribution is -0.113. The Morgan fingerprint density at radius 1 is 1.38 bits per heavy atom. The highest BCUT2D eigenvalue weighted by Gasteiger charge is 2.09. The minimum absolute atomic E-state index is 0.120. The summed E-state index contributed by atoms with van der Waals surface area (Å²) in [6.07, 6.45) is 3.10. The second kappa shape index (κ2) is 6.06. The number of fused-ring (bicyclic) bond motifs is 1. The van der Waals surface area contributed by atoms with Crippen molar-refractivity contribution in [1.82, 2.24) is 15.0 Å². The van der Waals surface area contributed by atoms with Crippen molar-refractivity contribution >= 4 is 50.0 Å². The van der Waals surface area contributed by atoms with Gasteiger partial charge in [-0.1, -0.05) is 23.1 Å². The lowest BCUT2D eigenvalue weighted by atomic mass is 10.3. The number of anilines is 2. The van der Waals surface area contributed by atoms with Crippen LogP contribution in [0.1, 0.15) is 0 Å². The Hall–Kier alpha value is -2.19. The molecule has 21 heavy (non-hydrogen) atoms. The maximum atomic E-state index is 11.9. The molecule has 3 N–H and O–H groups in total. The molecule has 0 aliphatic rings. The molecule has 0 unspecified atom stereocenters. The van der Waals surface area contributed by atoms with Crippen LogP contribution in [0.25, 0.3) is 10.2 Å². The van der Waals surface area contributed by atoms with Crippen molar-refractivity contribution in [3.05, 3.63) is 36.8 Å². The SMILES string of the molecule is Nc1ccc2nc(NC(=O)CSc3ccncn3)sc2c1. The summed E-state index contributed by atoms with van der Waals surface area (Å²) in [5.74, 6) is 0.153. The zero-order chi connectivity index (χ0) is 14.7. The first-order valence-electron chi connectivity index (χ1n) is 6.05. The monoisotopic (exact) mass is 317 g/mol. The van der Waals surface area contributed by atoms with Gasteiger partial charge in [0.05, 0.1) is 21.0 Å². The molecule has 106 valence electrons. The van der Waals surface area contributed by atoms with Crippen LogP contribution in [0.15, 0.2) is 41.8 Å². The summed E-state index contributed by atoms with van der Waals surface area (Å²) in [5, 5.41) is 4.12. The highest BCUT2D eigenvalue weighted by atomic mass is 32.2. The van der Waals surface area contributed by atoms with Crippen LogP contribution < -0.4 is 11.1 Å². The Kier molecular flexibility index (Phi) is 3.98. The number of nitrogens with zero attached hydrogens (tertiary/aromatic N) is 3. The molecule has 0 saturated heterocycles. The van der Waals surface area contributed by atoms with E-state index in [1.54, 1.807) is 18.3 Å². The number of hydrogen-bond donors (Lipinski definition) is 2. The minimum atomic E-state index is -0.120. The predicted molar refractivity (Wildman–Crippen MR) is 85.4 cm³/mol. The molecule has 1 amide bonds. The average molecular weight is 317 g/mol. The van der Waals surface area contributed by atoms with Crippen molar-refractivity contribution in [3.63, 3.8) is 0 Å². The highest BCUT2D eigenvalue weighted by Crippen LogP contribution is 2.27. The molecule has 3 aromatic rings. The topological polar surface area (TPSA) is 93.8 Å². The van der Waals surface area contributed by atoms with E-state index in [0.29, 0.717) is 10.8 Å². The molecule has 0 bridgehead atoms. The van der Waals surface area contributed by atoms with Gasteiger partial charge in [-0.05, 0) is 24.3 Å². The highest BCUT2D eigenvalue weighted by molar-refractivity contribution is 7.99. The zero-order valence-corrected chi connectivity index (χ0v) is 12.4. The number of rotatable bonds is 4. The molecule has 6 nitrogen and oxygen atoms in total. The number of carbonyl (C=O) groups is 1. The third kappa shape index (κ3) is 3.47. The van der Waals surface area contributed by atoms with Crippen LogP contribution >= 0.6 is 23.1 Å². The summed E-state index contributed by atoms with van der Waals surface area (Å²) in [4.78, 5) is 24.1. The molecule has 1 aromatic carbocycles. The molecule has 0 radical (unpaired) electrons. The lowest BCUT2D eigenvalue weighted by Crippen LogP contribution is -2.13. The van der Waals surface area contributed by atoms with E-state index in [2.05, 4.69) is 20.3 Å². The van der Waals surface area contributed by atoms with Gasteiger partial charge in [0.1, 0.15) is 6.33 Å². The van der Waals surface area contributed by atoms with E-state index in [4.69, 9.17) is 5.73 Å². The first kappa shape index (κ1) is 13.8. The van der Waals surface area contributed by atoms with Gasteiger partial charge in [-0.15, -0.1) is 0 Å². The van der Waals surface area contributed by atoms with Gasteiger partial charge in [0.15, 0.2) is 5.13 Å². The molecule has 0 aliphatic heterocycles. The van der Waals surface area contributed by atoms with Crippen LogP contribution in [-0.4, -0.2) is 26.6 Å². The Labute approximate surface area is 128 Å². The molecule has 0 fully saturated rings. The van der Waals surface area contributed by atoms with Crippen LogP contribution in [0.2, 0.25) is 0 Å². The van der Waals surface area contributed by atoms with Gasteiger partial charge in [0.25, 0.3) is 0 Å². The molecule has 0 saturated carbocycles. The third-order valence-corrected chi connectivity index (χ3v) is 4.44. The van der Waals surface area contributed by atoms with E-state index in [9.17, 15) is 4.79 Å². The van der Waals surface area contributed by atoms with Crippen LogP contribution in [0.4, 0.5) is 10.8 Å². The second-order valence-corrected chi connectivity index (χ2v) is 6.16. The normalized spacial score (nSPS) is 10.7. The first-order valence-corrected chi connectivity index (χ1v) is 7.85. The summed E-state index contributed by atoms with van der Waals surface area (Å²) in [7, 11) is 0. The quantitative estimate of drug-likeness (QED) is 0.436. The lowest BCUT2D eigenvalue weighted by Gasteiger charge is -2.00. The number of hydrogen-bond acceptors (Lipinski definition) is 7. The standard InChI is InChI=1S/C13H11N5OS2/c14-8-1-2-9-10(5-8)21-13(17-9)18-11(19)6-20-12-3-4-15-7-16-12/h1-5,7H,6,14H2,(H,17,18,19). The number of thioether (sulfide) groups is 1. The summed E-state index contributed by atoms with van der Waals surface area (Å²) in [6.45, 7) is 0. The predicted octanol–water partition coefficient (Wildman–Crippen LogP) is 2.40. The number of nitrogen functional groups attached to an aromatic ring is 1. The van der Waals surface area contributed by atoms with Gasteiger partial charge in [0, 0.05) is 11.9 Å². The van der Waals surface area contributed by atoms with Crippen molar-refractivity contribution in [2.24, 2.45) is 0 Å². The second-order valence-electron chi connectivity index (χ2n) is 4.13. The molecular formula is C13H11N5OS2. The van der Waals surface area contributed by atoms with Gasteiger partial charge in [0.2, 0.25) is 5.91 Å². The fourth-order valence-electron chi connectivity index (χ4n) is 1.65. The van der Waals surface area contributed by atoms with Crippen molar-refractivity contribution in [2.75, 3.05) is 16.8 Å². The van der Waals surface area contributed by atoms with Crippen molar-refractivity contribution in [1.29, 1.82) is 0 Å². The Balaban J connectivity index is 1.63. The molecule has 8 heteroatoms. The molecule has 0 aliphatic carbocycles. The Morgan fingerprint density at radius 2 is 2.29 bits per heavy atom. The summed E-state index contributed by atoms with van der Waals surface area (Å²) < 4.78 is 0.953. The van der Waals surface area contributed by atoms with Gasteiger partial charge >= 0.3 is 0 Å². The van der Waals surface area contributed by atoms with E-state index in [0.717, 1.165) is 15.2 Å². The van der Waals surface area contributed by atoms with Crippen LogP contribution in [-0.2, 0) is 4.79 Å². The van der Waals surface area contributed by atoms with Crippen molar-refractivity contribution < 1.29 is 4.79 Å². The van der Waals surface area contributed by atoms with E-state index in [1.807, 2.05) is 12.1 Å². The number of carbonyl (C=O) groups excluding carboxylic acids is 1. The van der Waals surface area contributed by atoms with E-state index >= 15 is 0 Å². The van der Waals surface area contributed by atoms with Gasteiger partial charge < -0.3 is 11.1 Å². The van der Waals surface area contributed by atoms with E-state index < -0.39 is 0 Å². The van der Waals surface area contributed by atoms with Crippen LogP contribution in [0, 0.1) is 0 Å². The fraction of sp³-hybridized carbons (Fsp3) is 0.0769. The largest absolute Gasteiger partial charge is 0.399 e. The number of nitrogens with one attached hydrogen (secondary N) is 1. The van der Waals surface area contributed by atoms with Crippen molar-refractivity contribution in [3.8, 4) is 0 Å². The zero-order valence-electron chi connectivity index (χ0n) is 10.8. The fourth-order valence-corrected chi connectivity index (χ4v) is 3.21. The van der Waals surface area contributed by atoms with Crippen molar-refractivity contribution in [2.45, 2.75) is 5.03 Å². The summed E-state index contributed by atoms with van der Waals surface area (Å²) in [6, 6.07) is 7.24. The van der Waals surface area contributed by atoms with E-state index in [-0.39, 0.29) is 11.7 Å². The van der Waals surface area contributed by atoms with Gasteiger partial charge in [-0.2, -0.15) is 0 Å². The average Bonchev–Trinajstić information content (AvgIpc) is 2.87. The summed E-state index contributed by atoms with van der Waals surface area (Å²) in [5.41, 5.74) is 7.23. The minimum Gasteiger partial charge on any atom is -0.399 e. The number of benzene rings is 1. The van der Waals surface area contributed by atoms with E-state index in [1.165, 1.54) is 29.4 Å². The molecular weight excluding hydrogens is 306 g/mol. The third-order valence-electron chi connectivity index (χ3n) is 2.56. The smallest absolute Gasteiger partial charge is 0.236 e. The maximum Gasteiger partial charge on any atom is 0.236 e. The Morgan fingerprint density at radius 3 is 3.10 bits per heavy atom. The number of nitrogens with two attached hydrogens (primary N) is 1. The Bertz CT molecular complexity index is 775. The molecule has 0 spiro atoms. The van der Waals surface area contributed by atoms with Gasteiger partial charge in [-0.25, -0.2) is 15.0 Å². The summed E-state index contributed by atoms with van der Waals surface area (Å²) >= 11 is 2.75. The maximum absolute atomic E-state index is 11.9. The molecule has 3 rings (SSSR count). The molecule has 0 atom stereocenters. The van der Waals surface area contributed by atoms with Crippen LogP contribution in [0.3, 0.4) is 0 Å². The first-order chi connectivity index (χ1) is 10.2.